The minimum absolute atomic E-state index is 0.385. The molecule has 0 saturated heterocycles. The van der Waals surface area contributed by atoms with Gasteiger partial charge in [-0.3, -0.25) is 9.10 Å². The minimum atomic E-state index is -3.66. The van der Waals surface area contributed by atoms with Crippen LogP contribution in [0.15, 0.2) is 72.4 Å². The van der Waals surface area contributed by atoms with Gasteiger partial charge in [0.2, 0.25) is 10.0 Å². The van der Waals surface area contributed by atoms with Crippen molar-refractivity contribution in [3.05, 3.63) is 72.8 Å². The maximum atomic E-state index is 12.4. The average Bonchev–Trinajstić information content (AvgIpc) is 2.66. The van der Waals surface area contributed by atoms with E-state index in [1.54, 1.807) is 60.7 Å². The standard InChI is InChI=1S/C20H23N3O4S/c1-4-13-27-19-12-8-9-17(14-19)15-21-22-20(24)16(2)23(28(3,25)26)18-10-6-5-7-11-18/h4-12,14-16H,1,13H2,2-3H3,(H,22,24)/b21-15-/t16-/m0/s1. The van der Waals surface area contributed by atoms with Crippen molar-refractivity contribution in [2.24, 2.45) is 5.10 Å². The molecule has 0 heterocycles. The third kappa shape index (κ3) is 5.95. The van der Waals surface area contributed by atoms with Crippen molar-refractivity contribution in [1.29, 1.82) is 0 Å². The van der Waals surface area contributed by atoms with Crippen LogP contribution in [0.2, 0.25) is 0 Å². The van der Waals surface area contributed by atoms with Crippen molar-refractivity contribution in [1.82, 2.24) is 5.43 Å². The molecule has 28 heavy (non-hydrogen) atoms. The van der Waals surface area contributed by atoms with Crippen molar-refractivity contribution >= 4 is 27.8 Å². The number of hydrogen-bond donors (Lipinski definition) is 1. The van der Waals surface area contributed by atoms with Crippen LogP contribution < -0.4 is 14.5 Å². The van der Waals surface area contributed by atoms with Crippen LogP contribution in [0.4, 0.5) is 5.69 Å². The highest BCUT2D eigenvalue weighted by molar-refractivity contribution is 7.92. The van der Waals surface area contributed by atoms with Gasteiger partial charge in [0.1, 0.15) is 18.4 Å². The van der Waals surface area contributed by atoms with Crippen molar-refractivity contribution in [3.8, 4) is 5.75 Å². The lowest BCUT2D eigenvalue weighted by molar-refractivity contribution is -0.121. The summed E-state index contributed by atoms with van der Waals surface area (Å²) < 4.78 is 30.9. The van der Waals surface area contributed by atoms with Gasteiger partial charge in [-0.1, -0.05) is 43.0 Å². The van der Waals surface area contributed by atoms with Crippen LogP contribution in [0, 0.1) is 0 Å². The van der Waals surface area contributed by atoms with E-state index in [9.17, 15) is 13.2 Å². The Morgan fingerprint density at radius 3 is 2.61 bits per heavy atom. The summed E-state index contributed by atoms with van der Waals surface area (Å²) in [6.07, 6.45) is 4.16. The molecule has 0 aromatic heterocycles. The average molecular weight is 401 g/mol. The van der Waals surface area contributed by atoms with Gasteiger partial charge < -0.3 is 4.74 Å². The second-order valence-electron chi connectivity index (χ2n) is 5.98. The normalized spacial score (nSPS) is 12.4. The number of para-hydroxylation sites is 1. The molecule has 2 aromatic rings. The summed E-state index contributed by atoms with van der Waals surface area (Å²) in [4.78, 5) is 12.4. The predicted octanol–water partition coefficient (Wildman–Crippen LogP) is 2.56. The molecule has 7 nitrogen and oxygen atoms in total. The summed E-state index contributed by atoms with van der Waals surface area (Å²) in [5.41, 5.74) is 3.51. The maximum Gasteiger partial charge on any atom is 0.263 e. The van der Waals surface area contributed by atoms with E-state index in [1.807, 2.05) is 0 Å². The van der Waals surface area contributed by atoms with Gasteiger partial charge in [0.25, 0.3) is 5.91 Å². The SMILES string of the molecule is C=CCOc1cccc(/C=N\NC(=O)[C@H](C)N(c2ccccc2)S(C)(=O)=O)c1. The number of hydrazone groups is 1. The van der Waals surface area contributed by atoms with Crippen LogP contribution in [0.5, 0.6) is 5.75 Å². The van der Waals surface area contributed by atoms with E-state index in [-0.39, 0.29) is 0 Å². The first-order valence-corrected chi connectivity index (χ1v) is 10.4. The molecule has 0 unspecified atom stereocenters. The largest absolute Gasteiger partial charge is 0.490 e. The number of benzene rings is 2. The van der Waals surface area contributed by atoms with Crippen molar-refractivity contribution in [2.75, 3.05) is 17.2 Å². The topological polar surface area (TPSA) is 88.1 Å². The lowest BCUT2D eigenvalue weighted by Gasteiger charge is -2.27. The first kappa shape index (κ1) is 21.2. The molecule has 148 valence electrons. The number of carbonyl (C=O) groups excluding carboxylic acids is 1. The highest BCUT2D eigenvalue weighted by Crippen LogP contribution is 2.20. The third-order valence-electron chi connectivity index (χ3n) is 3.71. The Bertz CT molecular complexity index is 943. The number of sulfonamides is 1. The smallest absolute Gasteiger partial charge is 0.263 e. The van der Waals surface area contributed by atoms with Crippen molar-refractivity contribution < 1.29 is 17.9 Å². The predicted molar refractivity (Wildman–Crippen MR) is 111 cm³/mol. The third-order valence-corrected chi connectivity index (χ3v) is 4.96. The Balaban J connectivity index is 2.08. The zero-order valence-electron chi connectivity index (χ0n) is 15.8. The van der Waals surface area contributed by atoms with Gasteiger partial charge in [-0.25, -0.2) is 13.8 Å². The number of nitrogens with zero attached hydrogens (tertiary/aromatic N) is 2. The molecule has 0 aliphatic carbocycles. The van der Waals surface area contributed by atoms with E-state index < -0.39 is 22.0 Å². The zero-order chi connectivity index (χ0) is 20.6. The van der Waals surface area contributed by atoms with E-state index in [4.69, 9.17) is 4.74 Å². The first-order chi connectivity index (χ1) is 13.3. The Labute approximate surface area is 165 Å². The van der Waals surface area contributed by atoms with Gasteiger partial charge in [-0.2, -0.15) is 5.10 Å². The molecule has 2 rings (SSSR count). The lowest BCUT2D eigenvalue weighted by atomic mass is 10.2. The minimum Gasteiger partial charge on any atom is -0.490 e. The number of ether oxygens (including phenoxy) is 1. The first-order valence-electron chi connectivity index (χ1n) is 8.54. The fourth-order valence-corrected chi connectivity index (χ4v) is 3.66. The van der Waals surface area contributed by atoms with E-state index in [1.165, 1.54) is 13.1 Å². The Morgan fingerprint density at radius 1 is 1.25 bits per heavy atom. The molecule has 0 saturated carbocycles. The lowest BCUT2D eigenvalue weighted by Crippen LogP contribution is -2.46. The van der Waals surface area contributed by atoms with E-state index in [0.717, 1.165) is 16.1 Å². The number of carbonyl (C=O) groups is 1. The number of amides is 1. The summed E-state index contributed by atoms with van der Waals surface area (Å²) in [6.45, 7) is 5.48. The molecule has 8 heteroatoms. The van der Waals surface area contributed by atoms with Crippen molar-refractivity contribution in [2.45, 2.75) is 13.0 Å². The second-order valence-corrected chi connectivity index (χ2v) is 7.84. The number of anilines is 1. The van der Waals surface area contributed by atoms with E-state index in [0.29, 0.717) is 18.0 Å². The molecule has 0 aliphatic heterocycles. The van der Waals surface area contributed by atoms with Gasteiger partial charge in [0.05, 0.1) is 18.2 Å². The number of rotatable bonds is 9. The summed E-state index contributed by atoms with van der Waals surface area (Å²) in [7, 11) is -3.66. The number of hydrogen-bond acceptors (Lipinski definition) is 5. The van der Waals surface area contributed by atoms with Crippen LogP contribution in [0.3, 0.4) is 0 Å². The van der Waals surface area contributed by atoms with Crippen LogP contribution in [0.25, 0.3) is 0 Å². The molecule has 0 bridgehead atoms. The quantitative estimate of drug-likeness (QED) is 0.397. The molecule has 0 radical (unpaired) electrons. The summed E-state index contributed by atoms with van der Waals surface area (Å²) >= 11 is 0. The van der Waals surface area contributed by atoms with Crippen LogP contribution >= 0.6 is 0 Å². The molecular weight excluding hydrogens is 378 g/mol. The van der Waals surface area contributed by atoms with Gasteiger partial charge >= 0.3 is 0 Å². The highest BCUT2D eigenvalue weighted by atomic mass is 32.2. The molecule has 0 spiro atoms. The number of nitrogens with one attached hydrogen (secondary N) is 1. The van der Waals surface area contributed by atoms with Crippen LogP contribution in [0.1, 0.15) is 12.5 Å². The summed E-state index contributed by atoms with van der Waals surface area (Å²) in [5, 5.41) is 3.92. The Hall–Kier alpha value is -3.13. The Morgan fingerprint density at radius 2 is 1.96 bits per heavy atom. The zero-order valence-corrected chi connectivity index (χ0v) is 16.6. The molecule has 0 fully saturated rings. The van der Waals surface area contributed by atoms with Gasteiger partial charge in [-0.05, 0) is 36.8 Å². The molecule has 1 N–H and O–H groups in total. The van der Waals surface area contributed by atoms with E-state index >= 15 is 0 Å². The van der Waals surface area contributed by atoms with Crippen molar-refractivity contribution in [3.63, 3.8) is 0 Å². The summed E-state index contributed by atoms with van der Waals surface area (Å²) in [5.74, 6) is 0.0977. The fourth-order valence-electron chi connectivity index (χ4n) is 2.49. The molecular formula is C20H23N3O4S. The van der Waals surface area contributed by atoms with Gasteiger partial charge in [-0.15, -0.1) is 0 Å². The van der Waals surface area contributed by atoms with Crippen LogP contribution in [-0.2, 0) is 14.8 Å². The molecule has 2 aromatic carbocycles. The second kappa shape index (κ2) is 9.70. The van der Waals surface area contributed by atoms with E-state index in [2.05, 4.69) is 17.1 Å². The summed E-state index contributed by atoms with van der Waals surface area (Å²) in [6, 6.07) is 14.6. The monoisotopic (exact) mass is 401 g/mol. The maximum absolute atomic E-state index is 12.4. The molecule has 1 atom stereocenters. The molecule has 0 aliphatic rings. The Kier molecular flexibility index (Phi) is 7.34. The fraction of sp³-hybridized carbons (Fsp3) is 0.200. The van der Waals surface area contributed by atoms with Gasteiger partial charge in [0, 0.05) is 0 Å². The van der Waals surface area contributed by atoms with Gasteiger partial charge in [0.15, 0.2) is 0 Å². The van der Waals surface area contributed by atoms with Crippen LogP contribution in [-0.4, -0.2) is 39.4 Å². The highest BCUT2D eigenvalue weighted by Gasteiger charge is 2.28. The molecule has 1 amide bonds.